The third-order valence-corrected chi connectivity index (χ3v) is 3.44. The maximum atomic E-state index is 11.9. The molecule has 2 fully saturated rings. The van der Waals surface area contributed by atoms with Gasteiger partial charge in [-0.3, -0.25) is 9.59 Å². The van der Waals surface area contributed by atoms with Gasteiger partial charge in [-0.25, -0.2) is 4.79 Å². The van der Waals surface area contributed by atoms with Crippen molar-refractivity contribution in [2.45, 2.75) is 43.5 Å². The summed E-state index contributed by atoms with van der Waals surface area (Å²) < 4.78 is 19.6. The van der Waals surface area contributed by atoms with Gasteiger partial charge in [0.2, 0.25) is 0 Å². The van der Waals surface area contributed by atoms with Gasteiger partial charge in [0, 0.05) is 12.8 Å². The molecular formula is C14H20O9. The van der Waals surface area contributed by atoms with E-state index in [0.717, 1.165) is 0 Å². The minimum absolute atomic E-state index is 0.0144. The van der Waals surface area contributed by atoms with E-state index in [1.165, 1.54) is 0 Å². The zero-order valence-electron chi connectivity index (χ0n) is 12.6. The summed E-state index contributed by atoms with van der Waals surface area (Å²) in [4.78, 5) is 34.5. The summed E-state index contributed by atoms with van der Waals surface area (Å²) in [6, 6.07) is 0. The molecule has 2 aliphatic heterocycles. The minimum atomic E-state index is -2.44. The van der Waals surface area contributed by atoms with E-state index in [-0.39, 0.29) is 25.4 Å². The third kappa shape index (κ3) is 6.51. The summed E-state index contributed by atoms with van der Waals surface area (Å²) in [7, 11) is 0. The van der Waals surface area contributed by atoms with Crippen molar-refractivity contribution in [3.05, 3.63) is 0 Å². The molecule has 2 rings (SSSR count). The Morgan fingerprint density at radius 3 is 2.00 bits per heavy atom. The van der Waals surface area contributed by atoms with Gasteiger partial charge in [-0.15, -0.1) is 0 Å². The Labute approximate surface area is 132 Å². The Hall–Kier alpha value is -1.71. The van der Waals surface area contributed by atoms with Gasteiger partial charge < -0.3 is 29.2 Å². The molecule has 0 saturated carbocycles. The second-order valence-electron chi connectivity index (χ2n) is 5.62. The van der Waals surface area contributed by atoms with E-state index in [0.29, 0.717) is 26.1 Å². The van der Waals surface area contributed by atoms with Crippen LogP contribution in [0.2, 0.25) is 0 Å². The van der Waals surface area contributed by atoms with Crippen LogP contribution in [-0.4, -0.2) is 72.4 Å². The maximum Gasteiger partial charge on any atom is 0.339 e. The smallest absolute Gasteiger partial charge is 0.339 e. The summed E-state index contributed by atoms with van der Waals surface area (Å²) in [5, 5.41) is 19.0. The standard InChI is InChI=1S/C14H20O9/c15-11(16)5-14(19,13(18)21-4-2-10-8-23-10)6-12(17)20-3-1-9-7-22-9/h9-10,19H,1-8H2,(H,15,16). The first-order valence-corrected chi connectivity index (χ1v) is 7.39. The Morgan fingerprint density at radius 2 is 1.52 bits per heavy atom. The zero-order valence-corrected chi connectivity index (χ0v) is 12.6. The second kappa shape index (κ2) is 7.71. The first-order chi connectivity index (χ1) is 10.9. The van der Waals surface area contributed by atoms with Crippen LogP contribution in [0.25, 0.3) is 0 Å². The Bertz CT molecular complexity index is 455. The fourth-order valence-corrected chi connectivity index (χ4v) is 1.94. The number of carboxylic acid groups (broad SMARTS) is 1. The number of ether oxygens (including phenoxy) is 4. The molecule has 0 aromatic carbocycles. The summed E-state index contributed by atoms with van der Waals surface area (Å²) >= 11 is 0. The average Bonchev–Trinajstić information content (AvgIpc) is 3.32. The average molecular weight is 332 g/mol. The summed E-state index contributed by atoms with van der Waals surface area (Å²) in [6.07, 6.45) is -0.619. The number of hydrogen-bond acceptors (Lipinski definition) is 8. The van der Waals surface area contributed by atoms with E-state index < -0.39 is 36.4 Å². The number of carboxylic acids is 1. The molecule has 9 nitrogen and oxygen atoms in total. The van der Waals surface area contributed by atoms with Crippen LogP contribution in [0.3, 0.4) is 0 Å². The van der Waals surface area contributed by atoms with E-state index in [4.69, 9.17) is 24.1 Å². The van der Waals surface area contributed by atoms with Gasteiger partial charge in [0.15, 0.2) is 5.60 Å². The molecule has 3 atom stereocenters. The number of aliphatic hydroxyl groups is 1. The quantitative estimate of drug-likeness (QED) is 0.370. The Morgan fingerprint density at radius 1 is 1.00 bits per heavy atom. The molecule has 0 amide bonds. The van der Waals surface area contributed by atoms with E-state index in [1.807, 2.05) is 0 Å². The highest BCUT2D eigenvalue weighted by atomic mass is 16.6. The predicted molar refractivity (Wildman–Crippen MR) is 72.5 cm³/mol. The molecule has 23 heavy (non-hydrogen) atoms. The normalized spacial score (nSPS) is 24.4. The van der Waals surface area contributed by atoms with Gasteiger partial charge in [0.1, 0.15) is 0 Å². The predicted octanol–water partition coefficient (Wildman–Crippen LogP) is -0.753. The lowest BCUT2D eigenvalue weighted by Crippen LogP contribution is -2.44. The molecule has 0 aromatic rings. The van der Waals surface area contributed by atoms with Gasteiger partial charge in [0.25, 0.3) is 0 Å². The first-order valence-electron chi connectivity index (χ1n) is 7.39. The maximum absolute atomic E-state index is 11.9. The van der Waals surface area contributed by atoms with Gasteiger partial charge in [-0.05, 0) is 0 Å². The van der Waals surface area contributed by atoms with Gasteiger partial charge in [-0.1, -0.05) is 0 Å². The molecule has 2 saturated heterocycles. The van der Waals surface area contributed by atoms with Crippen LogP contribution in [0.15, 0.2) is 0 Å². The van der Waals surface area contributed by atoms with E-state index in [1.54, 1.807) is 0 Å². The molecule has 130 valence electrons. The van der Waals surface area contributed by atoms with Crippen molar-refractivity contribution in [1.29, 1.82) is 0 Å². The van der Waals surface area contributed by atoms with E-state index in [9.17, 15) is 19.5 Å². The monoisotopic (exact) mass is 332 g/mol. The Kier molecular flexibility index (Phi) is 5.91. The number of carbonyl (C=O) groups excluding carboxylic acids is 2. The van der Waals surface area contributed by atoms with Crippen molar-refractivity contribution in [2.24, 2.45) is 0 Å². The molecule has 2 heterocycles. The summed E-state index contributed by atoms with van der Waals surface area (Å²) in [6.45, 7) is 1.28. The number of esters is 2. The molecule has 2 aliphatic rings. The molecule has 3 unspecified atom stereocenters. The van der Waals surface area contributed by atoms with Crippen LogP contribution in [0.5, 0.6) is 0 Å². The number of aliphatic carboxylic acids is 1. The number of carbonyl (C=O) groups is 3. The van der Waals surface area contributed by atoms with Crippen molar-refractivity contribution < 1.29 is 43.5 Å². The molecule has 0 spiro atoms. The molecule has 0 aliphatic carbocycles. The summed E-state index contributed by atoms with van der Waals surface area (Å²) in [5.74, 6) is -3.44. The van der Waals surface area contributed by atoms with Crippen LogP contribution < -0.4 is 0 Å². The van der Waals surface area contributed by atoms with Crippen LogP contribution in [0.4, 0.5) is 0 Å². The lowest BCUT2D eigenvalue weighted by molar-refractivity contribution is -0.176. The lowest BCUT2D eigenvalue weighted by atomic mass is 9.95. The SMILES string of the molecule is O=C(O)CC(O)(CC(=O)OCCC1CO1)C(=O)OCCC1CO1. The fraction of sp³-hybridized carbons (Fsp3) is 0.786. The fourth-order valence-electron chi connectivity index (χ4n) is 1.94. The molecule has 2 N–H and O–H groups in total. The topological polar surface area (TPSA) is 135 Å². The lowest BCUT2D eigenvalue weighted by Gasteiger charge is -2.23. The highest BCUT2D eigenvalue weighted by Gasteiger charge is 2.43. The van der Waals surface area contributed by atoms with Gasteiger partial charge in [-0.2, -0.15) is 0 Å². The van der Waals surface area contributed by atoms with Crippen molar-refractivity contribution in [1.82, 2.24) is 0 Å². The number of epoxide rings is 2. The van der Waals surface area contributed by atoms with Gasteiger partial charge in [0.05, 0.1) is 51.5 Å². The largest absolute Gasteiger partial charge is 0.481 e. The van der Waals surface area contributed by atoms with Crippen molar-refractivity contribution in [2.75, 3.05) is 26.4 Å². The molecule has 0 bridgehead atoms. The van der Waals surface area contributed by atoms with Crippen molar-refractivity contribution >= 4 is 17.9 Å². The summed E-state index contributed by atoms with van der Waals surface area (Å²) in [5.41, 5.74) is -2.44. The molecule has 9 heteroatoms. The third-order valence-electron chi connectivity index (χ3n) is 3.44. The highest BCUT2D eigenvalue weighted by Crippen LogP contribution is 2.21. The van der Waals surface area contributed by atoms with Crippen LogP contribution in [0, 0.1) is 0 Å². The van der Waals surface area contributed by atoms with Gasteiger partial charge >= 0.3 is 17.9 Å². The molecular weight excluding hydrogens is 312 g/mol. The first kappa shape index (κ1) is 17.6. The Balaban J connectivity index is 1.79. The minimum Gasteiger partial charge on any atom is -0.481 e. The van der Waals surface area contributed by atoms with Crippen LogP contribution in [0.1, 0.15) is 25.7 Å². The van der Waals surface area contributed by atoms with Crippen LogP contribution >= 0.6 is 0 Å². The second-order valence-corrected chi connectivity index (χ2v) is 5.62. The van der Waals surface area contributed by atoms with E-state index in [2.05, 4.69) is 0 Å². The molecule has 0 radical (unpaired) electrons. The van der Waals surface area contributed by atoms with Crippen molar-refractivity contribution in [3.8, 4) is 0 Å². The zero-order chi connectivity index (χ0) is 16.9. The van der Waals surface area contributed by atoms with Crippen LogP contribution in [-0.2, 0) is 33.3 Å². The number of rotatable bonds is 11. The highest BCUT2D eigenvalue weighted by molar-refractivity contribution is 5.89. The van der Waals surface area contributed by atoms with E-state index >= 15 is 0 Å². The number of hydrogen-bond donors (Lipinski definition) is 2. The molecule has 0 aromatic heterocycles. The van der Waals surface area contributed by atoms with Crippen molar-refractivity contribution in [3.63, 3.8) is 0 Å².